The summed E-state index contributed by atoms with van der Waals surface area (Å²) in [6, 6.07) is 17.7. The number of rotatable bonds is 8. The van der Waals surface area contributed by atoms with Crippen molar-refractivity contribution in [2.24, 2.45) is 5.10 Å². The third-order valence-corrected chi connectivity index (χ3v) is 6.39. The lowest BCUT2D eigenvalue weighted by molar-refractivity contribution is 0.0530. The Morgan fingerprint density at radius 3 is 2.45 bits per heavy atom. The van der Waals surface area contributed by atoms with Crippen LogP contribution >= 0.6 is 11.3 Å². The second-order valence-corrected chi connectivity index (χ2v) is 8.50. The second kappa shape index (κ2) is 10.4. The molecule has 8 heteroatoms. The third-order valence-electron chi connectivity index (χ3n) is 5.23. The van der Waals surface area contributed by atoms with Gasteiger partial charge < -0.3 is 9.30 Å². The first-order valence-electron chi connectivity index (χ1n) is 11.1. The Morgan fingerprint density at radius 1 is 1.06 bits per heavy atom. The van der Waals surface area contributed by atoms with Gasteiger partial charge in [0.15, 0.2) is 5.82 Å². The van der Waals surface area contributed by atoms with Crippen molar-refractivity contribution in [1.82, 2.24) is 14.5 Å². The first kappa shape index (κ1) is 22.7. The van der Waals surface area contributed by atoms with E-state index in [0.717, 1.165) is 47.4 Å². The first-order chi connectivity index (χ1) is 16.1. The number of hydrogen-bond acceptors (Lipinski definition) is 7. The van der Waals surface area contributed by atoms with E-state index < -0.39 is 0 Å². The Labute approximate surface area is 196 Å². The van der Waals surface area contributed by atoms with Gasteiger partial charge in [0.2, 0.25) is 4.80 Å². The van der Waals surface area contributed by atoms with Gasteiger partial charge in [-0.1, -0.05) is 67.1 Å². The number of unbranched alkanes of at least 4 members (excludes halogenated alkanes) is 1. The van der Waals surface area contributed by atoms with Gasteiger partial charge in [-0.15, -0.1) is 5.10 Å². The highest BCUT2D eigenvalue weighted by molar-refractivity contribution is 7.11. The molecule has 2 heterocycles. The van der Waals surface area contributed by atoms with Gasteiger partial charge in [0.25, 0.3) is 0 Å². The summed E-state index contributed by atoms with van der Waals surface area (Å²) in [6.07, 6.45) is 2.02. The highest BCUT2D eigenvalue weighted by Crippen LogP contribution is 2.27. The van der Waals surface area contributed by atoms with Crippen LogP contribution in [0.2, 0.25) is 0 Å². The van der Waals surface area contributed by atoms with E-state index in [9.17, 15) is 4.79 Å². The van der Waals surface area contributed by atoms with Crippen molar-refractivity contribution in [1.29, 1.82) is 0 Å². The average molecular weight is 462 g/mol. The van der Waals surface area contributed by atoms with Crippen LogP contribution < -0.4 is 10.2 Å². The van der Waals surface area contributed by atoms with Gasteiger partial charge >= 0.3 is 5.97 Å². The standard InChI is InChI=1S/C25H27N5O2S/c1-4-6-16-30-17(3)22(24(31)32-5-2)33-25(30)29-28-23-21(18-12-8-7-9-13-18)26-19-14-10-11-15-20(19)27-23/h7-15H,4-6,16H2,1-3H3,(H,27,28)/b29-25+. The number of fused-ring (bicyclic) bond motifs is 1. The maximum absolute atomic E-state index is 12.5. The predicted molar refractivity (Wildman–Crippen MR) is 132 cm³/mol. The van der Waals surface area contributed by atoms with Crippen molar-refractivity contribution in [3.63, 3.8) is 0 Å². The van der Waals surface area contributed by atoms with Crippen molar-refractivity contribution >= 4 is 34.2 Å². The highest BCUT2D eigenvalue weighted by Gasteiger charge is 2.18. The Bertz CT molecular complexity index is 1330. The van der Waals surface area contributed by atoms with Gasteiger partial charge in [0, 0.05) is 17.8 Å². The smallest absolute Gasteiger partial charge is 0.350 e. The van der Waals surface area contributed by atoms with Gasteiger partial charge in [-0.2, -0.15) is 0 Å². The lowest BCUT2D eigenvalue weighted by atomic mass is 10.1. The van der Waals surface area contributed by atoms with Crippen LogP contribution in [0.1, 0.15) is 42.1 Å². The molecule has 4 rings (SSSR count). The van der Waals surface area contributed by atoms with E-state index in [-0.39, 0.29) is 5.97 Å². The Morgan fingerprint density at radius 2 is 1.76 bits per heavy atom. The number of carbonyl (C=O) groups is 1. The van der Waals surface area contributed by atoms with Crippen molar-refractivity contribution in [3.8, 4) is 11.3 Å². The molecule has 33 heavy (non-hydrogen) atoms. The monoisotopic (exact) mass is 461 g/mol. The zero-order valence-electron chi connectivity index (χ0n) is 19.0. The predicted octanol–water partition coefficient (Wildman–Crippen LogP) is 5.37. The minimum absolute atomic E-state index is 0.317. The molecule has 0 aliphatic carbocycles. The van der Waals surface area contributed by atoms with E-state index >= 15 is 0 Å². The number of benzene rings is 2. The molecule has 0 saturated carbocycles. The number of nitrogens with zero attached hydrogens (tertiary/aromatic N) is 4. The van der Waals surface area contributed by atoms with Crippen molar-refractivity contribution in [2.75, 3.05) is 12.0 Å². The fourth-order valence-corrected chi connectivity index (χ4v) is 4.52. The van der Waals surface area contributed by atoms with Crippen LogP contribution in [0, 0.1) is 6.92 Å². The summed E-state index contributed by atoms with van der Waals surface area (Å²) in [6.45, 7) is 6.99. The summed E-state index contributed by atoms with van der Waals surface area (Å²) in [4.78, 5) is 23.3. The number of aromatic nitrogens is 3. The van der Waals surface area contributed by atoms with E-state index in [1.54, 1.807) is 0 Å². The Kier molecular flexibility index (Phi) is 7.14. The normalized spacial score (nSPS) is 11.7. The van der Waals surface area contributed by atoms with Gasteiger partial charge in [-0.05, 0) is 32.4 Å². The third kappa shape index (κ3) is 4.96. The van der Waals surface area contributed by atoms with Crippen LogP contribution in [0.5, 0.6) is 0 Å². The van der Waals surface area contributed by atoms with Gasteiger partial charge in [0.1, 0.15) is 10.6 Å². The molecule has 4 aromatic rings. The van der Waals surface area contributed by atoms with Crippen molar-refractivity contribution < 1.29 is 9.53 Å². The maximum atomic E-state index is 12.5. The Hall–Kier alpha value is -3.52. The molecule has 0 aliphatic heterocycles. The average Bonchev–Trinajstić information content (AvgIpc) is 3.16. The van der Waals surface area contributed by atoms with E-state index in [1.165, 1.54) is 11.3 Å². The fraction of sp³-hybridized carbons (Fsp3) is 0.280. The molecule has 170 valence electrons. The van der Waals surface area contributed by atoms with E-state index in [4.69, 9.17) is 14.7 Å². The van der Waals surface area contributed by atoms with Crippen molar-refractivity contribution in [3.05, 3.63) is 70.0 Å². The molecule has 0 aliphatic rings. The van der Waals surface area contributed by atoms with Crippen molar-refractivity contribution in [2.45, 2.75) is 40.2 Å². The minimum atomic E-state index is -0.317. The molecule has 0 saturated heterocycles. The molecule has 0 radical (unpaired) electrons. The molecule has 1 N–H and O–H groups in total. The molecule has 0 atom stereocenters. The van der Waals surface area contributed by atoms with Crippen LogP contribution in [0.15, 0.2) is 59.7 Å². The molecule has 0 spiro atoms. The summed E-state index contributed by atoms with van der Waals surface area (Å²) in [5.74, 6) is 0.243. The molecule has 7 nitrogen and oxygen atoms in total. The SMILES string of the molecule is CCCCn1c(C)c(C(=O)OCC)s/c1=N/Nc1nc2ccccc2nc1-c1ccccc1. The molecular formula is C25H27N5O2S. The molecule has 2 aromatic heterocycles. The number of anilines is 1. The topological polar surface area (TPSA) is 81.4 Å². The molecule has 0 bridgehead atoms. The number of para-hydroxylation sites is 2. The zero-order chi connectivity index (χ0) is 23.2. The van der Waals surface area contributed by atoms with Gasteiger partial charge in [-0.25, -0.2) is 14.8 Å². The minimum Gasteiger partial charge on any atom is -0.462 e. The molecule has 2 aromatic carbocycles. The summed E-state index contributed by atoms with van der Waals surface area (Å²) >= 11 is 1.32. The number of nitrogens with one attached hydrogen (secondary N) is 1. The number of carbonyl (C=O) groups excluding carboxylic acids is 1. The summed E-state index contributed by atoms with van der Waals surface area (Å²) in [7, 11) is 0. The van der Waals surface area contributed by atoms with E-state index in [0.29, 0.717) is 22.1 Å². The summed E-state index contributed by atoms with van der Waals surface area (Å²) in [5, 5.41) is 4.67. The molecule has 0 amide bonds. The van der Waals surface area contributed by atoms with E-state index in [2.05, 4.69) is 22.0 Å². The number of hydrogen-bond donors (Lipinski definition) is 1. The lowest BCUT2D eigenvalue weighted by Crippen LogP contribution is -2.18. The molecular weight excluding hydrogens is 434 g/mol. The van der Waals surface area contributed by atoms with Gasteiger partial charge in [0.05, 0.1) is 17.6 Å². The van der Waals surface area contributed by atoms with E-state index in [1.807, 2.05) is 68.4 Å². The fourth-order valence-electron chi connectivity index (χ4n) is 3.51. The highest BCUT2D eigenvalue weighted by atomic mass is 32.1. The summed E-state index contributed by atoms with van der Waals surface area (Å²) in [5.41, 5.74) is 7.26. The Balaban J connectivity index is 1.80. The van der Waals surface area contributed by atoms with Crippen LogP contribution in [0.3, 0.4) is 0 Å². The molecule has 0 unspecified atom stereocenters. The maximum Gasteiger partial charge on any atom is 0.350 e. The number of esters is 1. The van der Waals surface area contributed by atoms with Gasteiger partial charge in [-0.3, -0.25) is 5.43 Å². The largest absolute Gasteiger partial charge is 0.462 e. The lowest BCUT2D eigenvalue weighted by Gasteiger charge is -2.10. The summed E-state index contributed by atoms with van der Waals surface area (Å²) < 4.78 is 7.30. The quantitative estimate of drug-likeness (QED) is 0.282. The zero-order valence-corrected chi connectivity index (χ0v) is 19.9. The molecule has 0 fully saturated rings. The number of ether oxygens (including phenoxy) is 1. The van der Waals surface area contributed by atoms with Crippen LogP contribution in [-0.2, 0) is 11.3 Å². The number of thiazole rings is 1. The second-order valence-electron chi connectivity index (χ2n) is 7.52. The van der Waals surface area contributed by atoms with Crippen LogP contribution in [0.25, 0.3) is 22.3 Å². The van der Waals surface area contributed by atoms with Crippen LogP contribution in [0.4, 0.5) is 5.82 Å². The first-order valence-corrected chi connectivity index (χ1v) is 11.9. The van der Waals surface area contributed by atoms with Crippen LogP contribution in [-0.4, -0.2) is 27.1 Å².